The van der Waals surface area contributed by atoms with Crippen molar-refractivity contribution in [2.45, 2.75) is 25.3 Å². The zero-order chi connectivity index (χ0) is 14.4. The van der Waals surface area contributed by atoms with E-state index in [1.165, 1.54) is 16.8 Å². The number of nitrogens with zero attached hydrogens (tertiary/aromatic N) is 1. The molecular weight excluding hydrogens is 280 g/mol. The van der Waals surface area contributed by atoms with Crippen LogP contribution in [0.25, 0.3) is 0 Å². The van der Waals surface area contributed by atoms with Crippen LogP contribution in [0.5, 0.6) is 0 Å². The fourth-order valence-corrected chi connectivity index (χ4v) is 3.98. The normalized spacial score (nSPS) is 26.1. The van der Waals surface area contributed by atoms with Gasteiger partial charge in [0, 0.05) is 22.8 Å². The highest BCUT2D eigenvalue weighted by atomic mass is 35.5. The lowest BCUT2D eigenvalue weighted by Gasteiger charge is -2.37. The fraction of sp³-hybridized carbons (Fsp3) is 0.278. The van der Waals surface area contributed by atoms with E-state index >= 15 is 0 Å². The van der Waals surface area contributed by atoms with Crippen LogP contribution in [0.1, 0.15) is 35.2 Å². The van der Waals surface area contributed by atoms with E-state index in [0.717, 1.165) is 17.1 Å². The highest BCUT2D eigenvalue weighted by molar-refractivity contribution is 6.30. The van der Waals surface area contributed by atoms with E-state index in [1.807, 2.05) is 18.3 Å². The zero-order valence-electron chi connectivity index (χ0n) is 11.9. The van der Waals surface area contributed by atoms with Crippen molar-refractivity contribution in [3.8, 4) is 0 Å². The van der Waals surface area contributed by atoms with Crippen LogP contribution < -0.4 is 5.32 Å². The van der Waals surface area contributed by atoms with Crippen molar-refractivity contribution in [1.82, 2.24) is 4.98 Å². The molecule has 0 unspecified atom stereocenters. The summed E-state index contributed by atoms with van der Waals surface area (Å²) in [7, 11) is 0. The van der Waals surface area contributed by atoms with Crippen molar-refractivity contribution in [3.63, 3.8) is 0 Å². The number of hydrogen-bond acceptors (Lipinski definition) is 2. The largest absolute Gasteiger partial charge is 0.376 e. The molecule has 1 aromatic carbocycles. The molecule has 0 saturated heterocycles. The van der Waals surface area contributed by atoms with Gasteiger partial charge in [-0.15, -0.1) is 0 Å². The predicted molar refractivity (Wildman–Crippen MR) is 86.8 cm³/mol. The van der Waals surface area contributed by atoms with Crippen molar-refractivity contribution < 1.29 is 0 Å². The summed E-state index contributed by atoms with van der Waals surface area (Å²) in [6, 6.07) is 10.5. The molecule has 0 spiro atoms. The minimum absolute atomic E-state index is 0.263. The Labute approximate surface area is 129 Å². The van der Waals surface area contributed by atoms with Gasteiger partial charge >= 0.3 is 0 Å². The van der Waals surface area contributed by atoms with Gasteiger partial charge in [-0.2, -0.15) is 0 Å². The number of anilines is 1. The Morgan fingerprint density at radius 2 is 2.19 bits per heavy atom. The number of pyridine rings is 1. The summed E-state index contributed by atoms with van der Waals surface area (Å²) in [5.41, 5.74) is 4.88. The second-order valence-corrected chi connectivity index (χ2v) is 6.35. The van der Waals surface area contributed by atoms with Gasteiger partial charge in [0.25, 0.3) is 0 Å². The number of rotatable bonds is 1. The molecule has 1 aromatic heterocycles. The highest BCUT2D eigenvalue weighted by Gasteiger charge is 2.39. The third-order valence-electron chi connectivity index (χ3n) is 4.64. The first-order valence-corrected chi connectivity index (χ1v) is 7.76. The van der Waals surface area contributed by atoms with Gasteiger partial charge in [0.05, 0.1) is 11.7 Å². The first kappa shape index (κ1) is 12.9. The summed E-state index contributed by atoms with van der Waals surface area (Å²) >= 11 is 6.26. The minimum atomic E-state index is 0.263. The molecule has 4 rings (SSSR count). The number of aromatic nitrogens is 1. The molecule has 2 aliphatic rings. The van der Waals surface area contributed by atoms with Gasteiger partial charge in [-0.3, -0.25) is 4.98 Å². The van der Waals surface area contributed by atoms with Crippen molar-refractivity contribution in [3.05, 3.63) is 70.5 Å². The number of nitrogens with one attached hydrogen (secondary N) is 1. The monoisotopic (exact) mass is 296 g/mol. The van der Waals surface area contributed by atoms with E-state index in [9.17, 15) is 0 Å². The number of hydrogen-bond donors (Lipinski definition) is 1. The maximum absolute atomic E-state index is 6.26. The van der Waals surface area contributed by atoms with E-state index in [-0.39, 0.29) is 6.04 Å². The summed E-state index contributed by atoms with van der Waals surface area (Å²) in [4.78, 5) is 4.57. The molecule has 1 N–H and O–H groups in total. The lowest BCUT2D eigenvalue weighted by atomic mass is 9.77. The number of halogens is 1. The smallest absolute Gasteiger partial charge is 0.0725 e. The highest BCUT2D eigenvalue weighted by Crippen LogP contribution is 2.50. The molecule has 2 nitrogen and oxygen atoms in total. The molecule has 3 atom stereocenters. The van der Waals surface area contributed by atoms with Gasteiger partial charge in [-0.1, -0.05) is 29.8 Å². The van der Waals surface area contributed by atoms with Crippen molar-refractivity contribution in [2.75, 3.05) is 5.32 Å². The van der Waals surface area contributed by atoms with Crippen LogP contribution in [0.3, 0.4) is 0 Å². The lowest BCUT2D eigenvalue weighted by Crippen LogP contribution is -2.30. The average molecular weight is 297 g/mol. The first-order chi connectivity index (χ1) is 10.2. The van der Waals surface area contributed by atoms with Gasteiger partial charge in [0.15, 0.2) is 0 Å². The summed E-state index contributed by atoms with van der Waals surface area (Å²) in [6.45, 7) is 2.12. The molecule has 0 radical (unpaired) electrons. The number of allylic oxidation sites excluding steroid dienone is 2. The third kappa shape index (κ3) is 2.06. The van der Waals surface area contributed by atoms with Crippen LogP contribution in [0, 0.1) is 12.8 Å². The Morgan fingerprint density at radius 1 is 1.29 bits per heavy atom. The number of benzene rings is 1. The summed E-state index contributed by atoms with van der Waals surface area (Å²) in [5, 5.41) is 4.54. The Hall–Kier alpha value is -1.80. The Morgan fingerprint density at radius 3 is 3.00 bits per heavy atom. The molecule has 0 amide bonds. The Bertz CT molecular complexity index is 709. The molecule has 2 heterocycles. The lowest BCUT2D eigenvalue weighted by molar-refractivity contribution is 0.418. The van der Waals surface area contributed by atoms with Crippen molar-refractivity contribution in [1.29, 1.82) is 0 Å². The van der Waals surface area contributed by atoms with E-state index in [0.29, 0.717) is 11.8 Å². The van der Waals surface area contributed by atoms with E-state index in [4.69, 9.17) is 11.6 Å². The molecule has 0 saturated carbocycles. The molecule has 106 valence electrons. The molecule has 0 bridgehead atoms. The SMILES string of the molecule is Cc1cc(Cl)cc2c1N[C@H](c1ccccn1)[C@@H]1CC=C[C@@H]21. The molecule has 21 heavy (non-hydrogen) atoms. The predicted octanol–water partition coefficient (Wildman–Crippen LogP) is 4.87. The molecule has 2 aromatic rings. The van der Waals surface area contributed by atoms with Crippen LogP contribution >= 0.6 is 11.6 Å². The molecule has 0 fully saturated rings. The second-order valence-electron chi connectivity index (χ2n) is 5.92. The first-order valence-electron chi connectivity index (χ1n) is 7.38. The van der Waals surface area contributed by atoms with Crippen LogP contribution in [-0.4, -0.2) is 4.98 Å². The third-order valence-corrected chi connectivity index (χ3v) is 4.86. The van der Waals surface area contributed by atoms with Crippen LogP contribution in [0.15, 0.2) is 48.7 Å². The van der Waals surface area contributed by atoms with Crippen LogP contribution in [-0.2, 0) is 0 Å². The van der Waals surface area contributed by atoms with Gasteiger partial charge in [-0.25, -0.2) is 0 Å². The maximum atomic E-state index is 6.26. The van der Waals surface area contributed by atoms with E-state index in [1.54, 1.807) is 0 Å². The van der Waals surface area contributed by atoms with Crippen LogP contribution in [0.4, 0.5) is 5.69 Å². The Balaban J connectivity index is 1.84. The summed E-state index contributed by atoms with van der Waals surface area (Å²) < 4.78 is 0. The van der Waals surface area contributed by atoms with Gasteiger partial charge in [0.1, 0.15) is 0 Å². The van der Waals surface area contributed by atoms with Gasteiger partial charge in [-0.05, 0) is 54.7 Å². The fourth-order valence-electron chi connectivity index (χ4n) is 3.69. The van der Waals surface area contributed by atoms with Crippen molar-refractivity contribution >= 4 is 17.3 Å². The van der Waals surface area contributed by atoms with E-state index < -0.39 is 0 Å². The topological polar surface area (TPSA) is 24.9 Å². The molecular formula is C18H17ClN2. The summed E-state index contributed by atoms with van der Waals surface area (Å²) in [5.74, 6) is 0.955. The van der Waals surface area contributed by atoms with Gasteiger partial charge < -0.3 is 5.32 Å². The van der Waals surface area contributed by atoms with E-state index in [2.05, 4.69) is 47.6 Å². The Kier molecular flexibility index (Phi) is 3.00. The summed E-state index contributed by atoms with van der Waals surface area (Å²) in [6.07, 6.45) is 7.58. The molecule has 1 aliphatic heterocycles. The maximum Gasteiger partial charge on any atom is 0.0725 e. The number of aryl methyl sites for hydroxylation is 1. The number of fused-ring (bicyclic) bond motifs is 3. The van der Waals surface area contributed by atoms with Crippen molar-refractivity contribution in [2.24, 2.45) is 5.92 Å². The van der Waals surface area contributed by atoms with Gasteiger partial charge in [0.2, 0.25) is 0 Å². The standard InChI is InChI=1S/C18H17ClN2/c1-11-9-12(19)10-15-13-5-4-6-14(13)18(21-17(11)15)16-7-2-3-8-20-16/h2-5,7-10,13-14,18,21H,6H2,1H3/t13-,14-,18+/m1/s1. The average Bonchev–Trinajstić information content (AvgIpc) is 2.97. The van der Waals surface area contributed by atoms with Crippen LogP contribution in [0.2, 0.25) is 5.02 Å². The quantitative estimate of drug-likeness (QED) is 0.759. The minimum Gasteiger partial charge on any atom is -0.376 e. The molecule has 3 heteroatoms. The second kappa shape index (κ2) is 4.88. The zero-order valence-corrected chi connectivity index (χ0v) is 12.6. The molecule has 1 aliphatic carbocycles.